The molecule has 2 heterocycles. The monoisotopic (exact) mass is 384 g/mol. The Labute approximate surface area is 160 Å². The molecular formula is C18H20N6O2S. The summed E-state index contributed by atoms with van der Waals surface area (Å²) >= 11 is 1.25. The van der Waals surface area contributed by atoms with Crippen molar-refractivity contribution in [3.8, 4) is 0 Å². The zero-order chi connectivity index (χ0) is 19.1. The zero-order valence-electron chi connectivity index (χ0n) is 14.9. The van der Waals surface area contributed by atoms with E-state index in [1.54, 1.807) is 6.20 Å². The molecule has 0 unspecified atom stereocenters. The third-order valence-electron chi connectivity index (χ3n) is 3.90. The van der Waals surface area contributed by atoms with E-state index in [1.807, 2.05) is 37.3 Å². The van der Waals surface area contributed by atoms with E-state index in [4.69, 9.17) is 0 Å². The molecule has 3 rings (SSSR count). The van der Waals surface area contributed by atoms with Gasteiger partial charge in [-0.25, -0.2) is 0 Å². The van der Waals surface area contributed by atoms with Crippen molar-refractivity contribution in [3.63, 3.8) is 0 Å². The molecule has 0 bridgehead atoms. The SMILES string of the molecule is Cc1[nH]ncc1CNC(=O)CCCc1nnc(C(=O)Nc2ccccc2)s1. The summed E-state index contributed by atoms with van der Waals surface area (Å²) < 4.78 is 0. The van der Waals surface area contributed by atoms with Gasteiger partial charge in [0.15, 0.2) is 0 Å². The normalized spacial score (nSPS) is 10.6. The third kappa shape index (κ3) is 5.45. The van der Waals surface area contributed by atoms with Gasteiger partial charge >= 0.3 is 0 Å². The molecule has 27 heavy (non-hydrogen) atoms. The van der Waals surface area contributed by atoms with Crippen molar-refractivity contribution in [2.24, 2.45) is 0 Å². The van der Waals surface area contributed by atoms with Crippen LogP contribution in [-0.2, 0) is 17.8 Å². The second kappa shape index (κ2) is 9.04. The number of aromatic nitrogens is 4. The summed E-state index contributed by atoms with van der Waals surface area (Å²) in [7, 11) is 0. The Morgan fingerprint density at radius 2 is 2.00 bits per heavy atom. The lowest BCUT2D eigenvalue weighted by Gasteiger charge is -2.03. The highest BCUT2D eigenvalue weighted by atomic mass is 32.1. The minimum atomic E-state index is -0.279. The molecule has 0 aliphatic rings. The highest BCUT2D eigenvalue weighted by Gasteiger charge is 2.13. The van der Waals surface area contributed by atoms with Gasteiger partial charge in [-0.3, -0.25) is 14.7 Å². The number of rotatable bonds is 8. The standard InChI is InChI=1S/C18H20N6O2S/c1-12-13(11-20-22-12)10-19-15(25)8-5-9-16-23-24-18(27-16)17(26)21-14-6-3-2-4-7-14/h2-4,6-7,11H,5,8-10H2,1H3,(H,19,25)(H,20,22)(H,21,26). The number of nitrogens with one attached hydrogen (secondary N) is 3. The van der Waals surface area contributed by atoms with E-state index < -0.39 is 0 Å². The van der Waals surface area contributed by atoms with Crippen molar-refractivity contribution >= 4 is 28.8 Å². The Hall–Kier alpha value is -3.07. The number of aryl methyl sites for hydroxylation is 2. The van der Waals surface area contributed by atoms with Crippen molar-refractivity contribution < 1.29 is 9.59 Å². The quantitative estimate of drug-likeness (QED) is 0.552. The lowest BCUT2D eigenvalue weighted by Crippen LogP contribution is -2.22. The summed E-state index contributed by atoms with van der Waals surface area (Å²) in [6.07, 6.45) is 3.35. The lowest BCUT2D eigenvalue weighted by atomic mass is 10.2. The largest absolute Gasteiger partial charge is 0.352 e. The van der Waals surface area contributed by atoms with E-state index in [0.29, 0.717) is 36.5 Å². The summed E-state index contributed by atoms with van der Waals surface area (Å²) in [6.45, 7) is 2.37. The molecule has 0 radical (unpaired) electrons. The predicted molar refractivity (Wildman–Crippen MR) is 102 cm³/mol. The Kier molecular flexibility index (Phi) is 6.26. The van der Waals surface area contributed by atoms with E-state index in [1.165, 1.54) is 11.3 Å². The summed E-state index contributed by atoms with van der Waals surface area (Å²) in [5.41, 5.74) is 2.63. The first-order valence-corrected chi connectivity index (χ1v) is 9.38. The number of hydrogen-bond donors (Lipinski definition) is 3. The maximum Gasteiger partial charge on any atom is 0.286 e. The molecule has 2 aromatic heterocycles. The number of anilines is 1. The maximum absolute atomic E-state index is 12.2. The van der Waals surface area contributed by atoms with E-state index in [0.717, 1.165) is 16.3 Å². The van der Waals surface area contributed by atoms with Crippen LogP contribution < -0.4 is 10.6 Å². The van der Waals surface area contributed by atoms with Crippen molar-refractivity contribution in [2.45, 2.75) is 32.7 Å². The van der Waals surface area contributed by atoms with E-state index in [9.17, 15) is 9.59 Å². The Bertz CT molecular complexity index is 905. The average Bonchev–Trinajstić information content (AvgIpc) is 3.30. The highest BCUT2D eigenvalue weighted by molar-refractivity contribution is 7.13. The fraction of sp³-hybridized carbons (Fsp3) is 0.278. The molecule has 0 saturated heterocycles. The Balaban J connectivity index is 1.41. The van der Waals surface area contributed by atoms with Gasteiger partial charge < -0.3 is 10.6 Å². The van der Waals surface area contributed by atoms with Crippen molar-refractivity contribution in [2.75, 3.05) is 5.32 Å². The fourth-order valence-corrected chi connectivity index (χ4v) is 3.17. The number of aromatic amines is 1. The van der Waals surface area contributed by atoms with Crippen LogP contribution >= 0.6 is 11.3 Å². The van der Waals surface area contributed by atoms with Gasteiger partial charge in [-0.05, 0) is 25.5 Å². The molecule has 2 amide bonds. The van der Waals surface area contributed by atoms with Crippen molar-refractivity contribution in [1.29, 1.82) is 0 Å². The van der Waals surface area contributed by atoms with Crippen LogP contribution in [0.3, 0.4) is 0 Å². The van der Waals surface area contributed by atoms with Crippen LogP contribution in [0.4, 0.5) is 5.69 Å². The highest BCUT2D eigenvalue weighted by Crippen LogP contribution is 2.15. The van der Waals surface area contributed by atoms with Gasteiger partial charge in [-0.1, -0.05) is 29.5 Å². The smallest absolute Gasteiger partial charge is 0.286 e. The van der Waals surface area contributed by atoms with Gasteiger partial charge in [0.05, 0.1) is 6.20 Å². The first kappa shape index (κ1) is 18.7. The second-order valence-corrected chi connectivity index (χ2v) is 7.03. The van der Waals surface area contributed by atoms with Crippen LogP contribution in [0.2, 0.25) is 0 Å². The van der Waals surface area contributed by atoms with Crippen molar-refractivity contribution in [1.82, 2.24) is 25.7 Å². The first-order chi connectivity index (χ1) is 13.1. The van der Waals surface area contributed by atoms with Gasteiger partial charge in [0.25, 0.3) is 5.91 Å². The molecule has 0 aliphatic heterocycles. The van der Waals surface area contributed by atoms with Gasteiger partial charge in [0, 0.05) is 36.3 Å². The number of hydrogen-bond acceptors (Lipinski definition) is 6. The third-order valence-corrected chi connectivity index (χ3v) is 4.88. The van der Waals surface area contributed by atoms with Gasteiger partial charge in [0.2, 0.25) is 10.9 Å². The second-order valence-electron chi connectivity index (χ2n) is 5.97. The van der Waals surface area contributed by atoms with Crippen molar-refractivity contribution in [3.05, 3.63) is 57.8 Å². The van der Waals surface area contributed by atoms with Gasteiger partial charge in [-0.2, -0.15) is 5.10 Å². The molecule has 140 valence electrons. The topological polar surface area (TPSA) is 113 Å². The van der Waals surface area contributed by atoms with E-state index in [2.05, 4.69) is 31.0 Å². The van der Waals surface area contributed by atoms with Gasteiger partial charge in [-0.15, -0.1) is 10.2 Å². The lowest BCUT2D eigenvalue weighted by molar-refractivity contribution is -0.121. The fourth-order valence-electron chi connectivity index (χ4n) is 2.39. The molecule has 9 heteroatoms. The summed E-state index contributed by atoms with van der Waals surface area (Å²) in [5.74, 6) is -0.305. The maximum atomic E-state index is 12.2. The number of H-pyrrole nitrogens is 1. The van der Waals surface area contributed by atoms with Crippen LogP contribution in [-0.4, -0.2) is 32.2 Å². The van der Waals surface area contributed by atoms with Crippen LogP contribution in [0.15, 0.2) is 36.5 Å². The number of benzene rings is 1. The molecule has 0 saturated carbocycles. The number of carbonyl (C=O) groups is 2. The summed E-state index contributed by atoms with van der Waals surface area (Å²) in [6, 6.07) is 9.19. The molecule has 0 aliphatic carbocycles. The molecule has 3 N–H and O–H groups in total. The van der Waals surface area contributed by atoms with Crippen LogP contribution in [0, 0.1) is 6.92 Å². The minimum absolute atomic E-state index is 0.0258. The zero-order valence-corrected chi connectivity index (χ0v) is 15.7. The number of carbonyl (C=O) groups excluding carboxylic acids is 2. The molecular weight excluding hydrogens is 364 g/mol. The number of amides is 2. The Morgan fingerprint density at radius 1 is 1.19 bits per heavy atom. The molecule has 0 atom stereocenters. The molecule has 0 fully saturated rings. The number of para-hydroxylation sites is 1. The minimum Gasteiger partial charge on any atom is -0.352 e. The van der Waals surface area contributed by atoms with E-state index in [-0.39, 0.29) is 11.8 Å². The van der Waals surface area contributed by atoms with Crippen LogP contribution in [0.5, 0.6) is 0 Å². The number of nitrogens with zero attached hydrogens (tertiary/aromatic N) is 3. The van der Waals surface area contributed by atoms with E-state index >= 15 is 0 Å². The summed E-state index contributed by atoms with van der Waals surface area (Å²) in [4.78, 5) is 24.1. The molecule has 1 aromatic carbocycles. The predicted octanol–water partition coefficient (Wildman–Crippen LogP) is 2.46. The molecule has 0 spiro atoms. The summed E-state index contributed by atoms with van der Waals surface area (Å²) in [5, 5.41) is 21.4. The first-order valence-electron chi connectivity index (χ1n) is 8.56. The van der Waals surface area contributed by atoms with Crippen LogP contribution in [0.25, 0.3) is 0 Å². The Morgan fingerprint density at radius 3 is 2.74 bits per heavy atom. The molecule has 3 aromatic rings. The molecule has 8 nitrogen and oxygen atoms in total. The van der Waals surface area contributed by atoms with Gasteiger partial charge in [0.1, 0.15) is 5.01 Å². The van der Waals surface area contributed by atoms with Crippen LogP contribution in [0.1, 0.15) is 38.9 Å². The average molecular weight is 384 g/mol.